The monoisotopic (exact) mass is 292 g/mol. The van der Waals surface area contributed by atoms with E-state index in [9.17, 15) is 0 Å². The molecule has 2 aromatic carbocycles. The first-order valence-electron chi connectivity index (χ1n) is 5.70. The summed E-state index contributed by atoms with van der Waals surface area (Å²) in [6.45, 7) is 1.99. The van der Waals surface area contributed by atoms with Gasteiger partial charge in [-0.25, -0.2) is 9.97 Å². The maximum atomic E-state index is 6.01. The fourth-order valence-corrected chi connectivity index (χ4v) is 2.34. The zero-order chi connectivity index (χ0) is 13.6. The minimum Gasteiger partial charge on any atom is -0.494 e. The Kier molecular flexibility index (Phi) is 2.96. The highest BCUT2D eigenvalue weighted by atomic mass is 35.5. The highest BCUT2D eigenvalue weighted by molar-refractivity contribution is 6.42. The van der Waals surface area contributed by atoms with E-state index in [0.29, 0.717) is 21.3 Å². The van der Waals surface area contributed by atoms with Crippen LogP contribution >= 0.6 is 23.2 Å². The summed E-state index contributed by atoms with van der Waals surface area (Å²) in [5.41, 5.74) is 4.00. The van der Waals surface area contributed by atoms with Crippen LogP contribution in [0.15, 0.2) is 24.3 Å². The van der Waals surface area contributed by atoms with E-state index in [1.807, 2.05) is 19.1 Å². The van der Waals surface area contributed by atoms with E-state index in [4.69, 9.17) is 27.9 Å². The molecule has 0 fully saturated rings. The fraction of sp³-hybridized carbons (Fsp3) is 0.143. The first-order chi connectivity index (χ1) is 9.10. The molecule has 0 unspecified atom stereocenters. The zero-order valence-electron chi connectivity index (χ0n) is 10.4. The lowest BCUT2D eigenvalue weighted by Gasteiger charge is -2.08. The van der Waals surface area contributed by atoms with E-state index in [-0.39, 0.29) is 0 Å². The van der Waals surface area contributed by atoms with E-state index in [1.54, 1.807) is 19.2 Å². The third-order valence-corrected chi connectivity index (χ3v) is 3.74. The van der Waals surface area contributed by atoms with Gasteiger partial charge < -0.3 is 4.74 Å². The molecule has 5 heteroatoms. The molecule has 0 saturated heterocycles. The number of nitrogens with zero attached hydrogens (tertiary/aromatic N) is 2. The molecule has 0 radical (unpaired) electrons. The largest absolute Gasteiger partial charge is 0.494 e. The molecule has 3 rings (SSSR count). The van der Waals surface area contributed by atoms with Crippen molar-refractivity contribution in [3.63, 3.8) is 0 Å². The first kappa shape index (κ1) is 12.5. The summed E-state index contributed by atoms with van der Waals surface area (Å²) in [6.07, 6.45) is 0. The number of rotatable bonds is 1. The zero-order valence-corrected chi connectivity index (χ0v) is 11.9. The molecular weight excluding hydrogens is 283 g/mol. The van der Waals surface area contributed by atoms with Gasteiger partial charge in [-0.3, -0.25) is 0 Å². The number of hydrogen-bond donors (Lipinski definition) is 0. The molecule has 0 saturated carbocycles. The van der Waals surface area contributed by atoms with Gasteiger partial charge in [0.25, 0.3) is 0 Å². The predicted molar refractivity (Wildman–Crippen MR) is 78.4 cm³/mol. The molecule has 0 bridgehead atoms. The van der Waals surface area contributed by atoms with Crippen molar-refractivity contribution in [2.75, 3.05) is 7.11 Å². The van der Waals surface area contributed by atoms with Crippen LogP contribution in [0.3, 0.4) is 0 Å². The summed E-state index contributed by atoms with van der Waals surface area (Å²) in [6, 6.07) is 7.28. The standard InChI is InChI=1S/C14H10Cl2N2O/c1-7-3-4-12(19-2)14-13(7)17-10-5-8(15)9(16)6-11(10)18-14/h3-6H,1-2H3. The molecule has 96 valence electrons. The molecule has 1 aromatic heterocycles. The van der Waals surface area contributed by atoms with Crippen LogP contribution in [0.1, 0.15) is 5.56 Å². The Hall–Kier alpha value is -1.58. The van der Waals surface area contributed by atoms with Gasteiger partial charge in [0.15, 0.2) is 0 Å². The molecule has 0 amide bonds. The normalized spacial score (nSPS) is 11.2. The number of methoxy groups -OCH3 is 1. The molecule has 0 aliphatic heterocycles. The van der Waals surface area contributed by atoms with E-state index < -0.39 is 0 Å². The topological polar surface area (TPSA) is 35.0 Å². The summed E-state index contributed by atoms with van der Waals surface area (Å²) < 4.78 is 5.32. The average Bonchev–Trinajstić information content (AvgIpc) is 2.39. The summed E-state index contributed by atoms with van der Waals surface area (Å²) >= 11 is 12.0. The Morgan fingerprint density at radius 3 is 2.11 bits per heavy atom. The van der Waals surface area contributed by atoms with E-state index in [2.05, 4.69) is 9.97 Å². The smallest absolute Gasteiger partial charge is 0.146 e. The highest BCUT2D eigenvalue weighted by Gasteiger charge is 2.10. The molecule has 0 N–H and O–H groups in total. The Morgan fingerprint density at radius 2 is 1.53 bits per heavy atom. The number of aromatic nitrogens is 2. The van der Waals surface area contributed by atoms with Crippen LogP contribution in [0.4, 0.5) is 0 Å². The second-order valence-electron chi connectivity index (χ2n) is 4.26. The third kappa shape index (κ3) is 1.99. The molecule has 3 aromatic rings. The number of halogens is 2. The van der Waals surface area contributed by atoms with E-state index in [1.165, 1.54) is 0 Å². The number of aryl methyl sites for hydroxylation is 1. The molecule has 0 atom stereocenters. The van der Waals surface area contributed by atoms with Crippen molar-refractivity contribution < 1.29 is 4.74 Å². The van der Waals surface area contributed by atoms with Crippen molar-refractivity contribution in [2.24, 2.45) is 0 Å². The predicted octanol–water partition coefficient (Wildman–Crippen LogP) is 4.41. The number of benzene rings is 2. The van der Waals surface area contributed by atoms with Gasteiger partial charge in [0, 0.05) is 0 Å². The van der Waals surface area contributed by atoms with Crippen molar-refractivity contribution in [3.05, 3.63) is 39.9 Å². The quantitative estimate of drug-likeness (QED) is 0.623. The second kappa shape index (κ2) is 4.51. The van der Waals surface area contributed by atoms with Crippen LogP contribution in [0, 0.1) is 6.92 Å². The Bertz CT molecular complexity index is 802. The van der Waals surface area contributed by atoms with E-state index >= 15 is 0 Å². The highest BCUT2D eigenvalue weighted by Crippen LogP contribution is 2.30. The number of ether oxygens (including phenoxy) is 1. The van der Waals surface area contributed by atoms with Crippen LogP contribution in [0.2, 0.25) is 10.0 Å². The summed E-state index contributed by atoms with van der Waals surface area (Å²) in [5, 5.41) is 0.942. The van der Waals surface area contributed by atoms with Crippen LogP contribution < -0.4 is 4.74 Å². The Labute approximate surface area is 120 Å². The van der Waals surface area contributed by atoms with Gasteiger partial charge in [-0.15, -0.1) is 0 Å². The summed E-state index contributed by atoms with van der Waals surface area (Å²) in [4.78, 5) is 9.18. The molecular formula is C14H10Cl2N2O. The molecule has 0 spiro atoms. The van der Waals surface area contributed by atoms with Crippen LogP contribution in [-0.4, -0.2) is 17.1 Å². The van der Waals surface area contributed by atoms with Crippen LogP contribution in [0.25, 0.3) is 22.1 Å². The van der Waals surface area contributed by atoms with Crippen molar-refractivity contribution in [2.45, 2.75) is 6.92 Å². The lowest BCUT2D eigenvalue weighted by Crippen LogP contribution is -1.94. The minimum atomic E-state index is 0.467. The lowest BCUT2D eigenvalue weighted by molar-refractivity contribution is 0.419. The van der Waals surface area contributed by atoms with Gasteiger partial charge in [0.1, 0.15) is 11.3 Å². The van der Waals surface area contributed by atoms with Crippen molar-refractivity contribution in [1.82, 2.24) is 9.97 Å². The minimum absolute atomic E-state index is 0.467. The van der Waals surface area contributed by atoms with Gasteiger partial charge in [-0.1, -0.05) is 29.3 Å². The molecule has 3 nitrogen and oxygen atoms in total. The maximum absolute atomic E-state index is 6.01. The second-order valence-corrected chi connectivity index (χ2v) is 5.07. The Morgan fingerprint density at radius 1 is 0.947 bits per heavy atom. The SMILES string of the molecule is COc1ccc(C)c2nc3cc(Cl)c(Cl)cc3nc12. The fourth-order valence-electron chi connectivity index (χ4n) is 2.02. The third-order valence-electron chi connectivity index (χ3n) is 3.02. The molecule has 0 aliphatic carbocycles. The first-order valence-corrected chi connectivity index (χ1v) is 6.46. The van der Waals surface area contributed by atoms with Crippen molar-refractivity contribution in [1.29, 1.82) is 0 Å². The van der Waals surface area contributed by atoms with E-state index in [0.717, 1.165) is 22.1 Å². The van der Waals surface area contributed by atoms with Crippen molar-refractivity contribution in [3.8, 4) is 5.75 Å². The number of fused-ring (bicyclic) bond motifs is 2. The maximum Gasteiger partial charge on any atom is 0.146 e. The summed E-state index contributed by atoms with van der Waals surface area (Å²) in [5.74, 6) is 0.695. The van der Waals surface area contributed by atoms with Crippen LogP contribution in [-0.2, 0) is 0 Å². The Balaban J connectivity index is 2.47. The number of hydrogen-bond acceptors (Lipinski definition) is 3. The van der Waals surface area contributed by atoms with Crippen LogP contribution in [0.5, 0.6) is 5.75 Å². The van der Waals surface area contributed by atoms with Gasteiger partial charge in [0.2, 0.25) is 0 Å². The lowest BCUT2D eigenvalue weighted by atomic mass is 10.1. The molecule has 1 heterocycles. The van der Waals surface area contributed by atoms with Crippen molar-refractivity contribution >= 4 is 45.3 Å². The summed E-state index contributed by atoms with van der Waals surface area (Å²) in [7, 11) is 1.62. The molecule has 0 aliphatic rings. The van der Waals surface area contributed by atoms with Gasteiger partial charge in [-0.05, 0) is 30.7 Å². The van der Waals surface area contributed by atoms with Gasteiger partial charge in [-0.2, -0.15) is 0 Å². The van der Waals surface area contributed by atoms with Gasteiger partial charge in [0.05, 0.1) is 33.7 Å². The van der Waals surface area contributed by atoms with Gasteiger partial charge >= 0.3 is 0 Å². The average molecular weight is 293 g/mol. The molecule has 19 heavy (non-hydrogen) atoms.